The summed E-state index contributed by atoms with van der Waals surface area (Å²) in [6, 6.07) is 14.9. The van der Waals surface area contributed by atoms with Crippen molar-refractivity contribution < 1.29 is 13.2 Å². The van der Waals surface area contributed by atoms with E-state index < -0.39 is 16.1 Å². The van der Waals surface area contributed by atoms with Crippen molar-refractivity contribution in [2.75, 3.05) is 12.0 Å². The Kier molecular flexibility index (Phi) is 7.89. The van der Waals surface area contributed by atoms with E-state index in [2.05, 4.69) is 10.0 Å². The summed E-state index contributed by atoms with van der Waals surface area (Å²) in [5.74, 6) is 0.355. The fourth-order valence-electron chi connectivity index (χ4n) is 2.80. The van der Waals surface area contributed by atoms with Gasteiger partial charge in [0.05, 0.1) is 10.9 Å². The second kappa shape index (κ2) is 9.92. The Labute approximate surface area is 166 Å². The van der Waals surface area contributed by atoms with Crippen molar-refractivity contribution in [2.45, 2.75) is 37.2 Å². The molecule has 0 saturated heterocycles. The molecule has 0 aliphatic carbocycles. The van der Waals surface area contributed by atoms with Gasteiger partial charge < -0.3 is 5.32 Å². The highest BCUT2D eigenvalue weighted by Gasteiger charge is 2.26. The summed E-state index contributed by atoms with van der Waals surface area (Å²) in [5.41, 5.74) is 2.09. The molecule has 0 bridgehead atoms. The van der Waals surface area contributed by atoms with Crippen LogP contribution in [0.5, 0.6) is 0 Å². The van der Waals surface area contributed by atoms with Crippen molar-refractivity contribution in [3.05, 3.63) is 65.7 Å². The monoisotopic (exact) mass is 406 g/mol. The third-order valence-corrected chi connectivity index (χ3v) is 6.42. The molecular formula is C20H26N2O3S2. The molecule has 0 fully saturated rings. The largest absolute Gasteiger partial charge is 0.348 e. The molecule has 0 aromatic heterocycles. The zero-order chi connectivity index (χ0) is 19.9. The van der Waals surface area contributed by atoms with Crippen LogP contribution in [0.2, 0.25) is 0 Å². The molecule has 2 rings (SSSR count). The van der Waals surface area contributed by atoms with Crippen molar-refractivity contribution in [3.63, 3.8) is 0 Å². The number of carbonyl (C=O) groups is 1. The van der Waals surface area contributed by atoms with Gasteiger partial charge in [0, 0.05) is 0 Å². The highest BCUT2D eigenvalue weighted by Crippen LogP contribution is 2.17. The lowest BCUT2D eigenvalue weighted by molar-refractivity contribution is -0.123. The van der Waals surface area contributed by atoms with Crippen LogP contribution in [0, 0.1) is 6.92 Å². The maximum atomic E-state index is 12.8. The minimum absolute atomic E-state index is 0.152. The first-order chi connectivity index (χ1) is 12.8. The summed E-state index contributed by atoms with van der Waals surface area (Å²) in [7, 11) is -3.76. The van der Waals surface area contributed by atoms with E-state index in [1.165, 1.54) is 12.1 Å². The molecule has 2 atom stereocenters. The molecule has 146 valence electrons. The summed E-state index contributed by atoms with van der Waals surface area (Å²) >= 11 is 1.57. The van der Waals surface area contributed by atoms with E-state index in [0.717, 1.165) is 11.1 Å². The van der Waals surface area contributed by atoms with E-state index in [-0.39, 0.29) is 16.8 Å². The van der Waals surface area contributed by atoms with Gasteiger partial charge in [-0.15, -0.1) is 0 Å². The lowest BCUT2D eigenvalue weighted by Gasteiger charge is -2.22. The maximum Gasteiger partial charge on any atom is 0.241 e. The topological polar surface area (TPSA) is 75.3 Å². The van der Waals surface area contributed by atoms with E-state index in [4.69, 9.17) is 0 Å². The average molecular weight is 407 g/mol. The lowest BCUT2D eigenvalue weighted by Crippen LogP contribution is -2.47. The van der Waals surface area contributed by atoms with Crippen LogP contribution in [-0.2, 0) is 14.8 Å². The summed E-state index contributed by atoms with van der Waals surface area (Å²) < 4.78 is 27.8. The normalized spacial score (nSPS) is 13.7. The molecule has 0 radical (unpaired) electrons. The molecule has 0 heterocycles. The first-order valence-electron chi connectivity index (χ1n) is 8.77. The molecule has 1 amide bonds. The van der Waals surface area contributed by atoms with Crippen molar-refractivity contribution in [2.24, 2.45) is 0 Å². The second-order valence-corrected chi connectivity index (χ2v) is 9.05. The number of carbonyl (C=O) groups excluding carboxylic acids is 1. The summed E-state index contributed by atoms with van der Waals surface area (Å²) in [6.07, 6.45) is 2.34. The van der Waals surface area contributed by atoms with Crippen molar-refractivity contribution in [1.82, 2.24) is 10.0 Å². The van der Waals surface area contributed by atoms with Crippen LogP contribution in [0.3, 0.4) is 0 Å². The maximum absolute atomic E-state index is 12.8. The van der Waals surface area contributed by atoms with Crippen LogP contribution in [0.4, 0.5) is 0 Å². The van der Waals surface area contributed by atoms with Gasteiger partial charge in [-0.3, -0.25) is 4.79 Å². The minimum Gasteiger partial charge on any atom is -0.348 e. The zero-order valence-corrected chi connectivity index (χ0v) is 17.4. The Morgan fingerprint density at radius 2 is 1.70 bits per heavy atom. The van der Waals surface area contributed by atoms with Crippen LogP contribution in [-0.4, -0.2) is 32.4 Å². The van der Waals surface area contributed by atoms with E-state index in [1.807, 2.05) is 44.4 Å². The molecule has 0 aliphatic heterocycles. The molecular weight excluding hydrogens is 380 g/mol. The fourth-order valence-corrected chi connectivity index (χ4v) is 4.52. The standard InChI is InChI=1S/C20H26N2O3S2/c1-15-9-7-8-12-18(15)16(2)21-20(23)19(13-14-26-3)22-27(24,25)17-10-5-4-6-11-17/h4-12,16,19,22H,13-14H2,1-3H3,(H,21,23). The summed E-state index contributed by atoms with van der Waals surface area (Å²) in [4.78, 5) is 13.0. The van der Waals surface area contributed by atoms with Gasteiger partial charge in [0.15, 0.2) is 0 Å². The molecule has 2 aromatic rings. The highest BCUT2D eigenvalue weighted by atomic mass is 32.2. The van der Waals surface area contributed by atoms with Crippen molar-refractivity contribution in [1.29, 1.82) is 0 Å². The van der Waals surface area contributed by atoms with E-state index in [1.54, 1.807) is 30.0 Å². The first kappa shape index (κ1) is 21.5. The molecule has 0 spiro atoms. The van der Waals surface area contributed by atoms with Gasteiger partial charge >= 0.3 is 0 Å². The number of amides is 1. The van der Waals surface area contributed by atoms with Gasteiger partial charge in [-0.25, -0.2) is 8.42 Å². The van der Waals surface area contributed by atoms with Crippen molar-refractivity contribution in [3.8, 4) is 0 Å². The summed E-state index contributed by atoms with van der Waals surface area (Å²) in [6.45, 7) is 3.89. The number of sulfonamides is 1. The fraction of sp³-hybridized carbons (Fsp3) is 0.350. The third-order valence-electron chi connectivity index (χ3n) is 4.29. The Morgan fingerprint density at radius 1 is 1.07 bits per heavy atom. The minimum atomic E-state index is -3.76. The Bertz CT molecular complexity index is 855. The van der Waals surface area contributed by atoms with Crippen LogP contribution >= 0.6 is 11.8 Å². The molecule has 7 heteroatoms. The second-order valence-electron chi connectivity index (χ2n) is 6.36. The molecule has 0 saturated carbocycles. The quantitative estimate of drug-likeness (QED) is 0.670. The number of nitrogens with one attached hydrogen (secondary N) is 2. The predicted molar refractivity (Wildman–Crippen MR) is 111 cm³/mol. The zero-order valence-electron chi connectivity index (χ0n) is 15.8. The van der Waals surface area contributed by atoms with Gasteiger partial charge in [-0.2, -0.15) is 16.5 Å². The molecule has 27 heavy (non-hydrogen) atoms. The van der Waals surface area contributed by atoms with Crippen LogP contribution in [0.25, 0.3) is 0 Å². The lowest BCUT2D eigenvalue weighted by atomic mass is 10.0. The van der Waals surface area contributed by atoms with Gasteiger partial charge in [0.2, 0.25) is 15.9 Å². The number of aryl methyl sites for hydroxylation is 1. The van der Waals surface area contributed by atoms with Gasteiger partial charge in [-0.1, -0.05) is 42.5 Å². The van der Waals surface area contributed by atoms with Gasteiger partial charge in [0.25, 0.3) is 0 Å². The Morgan fingerprint density at radius 3 is 2.33 bits per heavy atom. The third kappa shape index (κ3) is 6.09. The molecule has 2 N–H and O–H groups in total. The number of thioether (sulfide) groups is 1. The highest BCUT2D eigenvalue weighted by molar-refractivity contribution is 7.98. The number of rotatable bonds is 9. The van der Waals surface area contributed by atoms with Crippen LogP contribution < -0.4 is 10.0 Å². The van der Waals surface area contributed by atoms with E-state index in [0.29, 0.717) is 12.2 Å². The number of benzene rings is 2. The molecule has 2 unspecified atom stereocenters. The summed E-state index contributed by atoms with van der Waals surface area (Å²) in [5, 5.41) is 2.94. The van der Waals surface area contributed by atoms with E-state index >= 15 is 0 Å². The predicted octanol–water partition coefficient (Wildman–Crippen LogP) is 3.27. The molecule has 5 nitrogen and oxygen atoms in total. The SMILES string of the molecule is CSCCC(NS(=O)(=O)c1ccccc1)C(=O)NC(C)c1ccccc1C. The number of hydrogen-bond donors (Lipinski definition) is 2. The smallest absolute Gasteiger partial charge is 0.241 e. The van der Waals surface area contributed by atoms with Gasteiger partial charge in [-0.05, 0) is 55.5 Å². The Balaban J connectivity index is 2.15. The molecule has 0 aliphatic rings. The van der Waals surface area contributed by atoms with Crippen LogP contribution in [0.15, 0.2) is 59.5 Å². The van der Waals surface area contributed by atoms with E-state index in [9.17, 15) is 13.2 Å². The van der Waals surface area contributed by atoms with Crippen molar-refractivity contribution >= 4 is 27.7 Å². The first-order valence-corrected chi connectivity index (χ1v) is 11.6. The number of hydrogen-bond acceptors (Lipinski definition) is 4. The van der Waals surface area contributed by atoms with Gasteiger partial charge in [0.1, 0.15) is 6.04 Å². The molecule has 2 aromatic carbocycles. The average Bonchev–Trinajstić information content (AvgIpc) is 2.66. The Hall–Kier alpha value is -1.83. The van der Waals surface area contributed by atoms with Crippen LogP contribution in [0.1, 0.15) is 30.5 Å².